The van der Waals surface area contributed by atoms with Crippen LogP contribution in [0, 0.1) is 11.3 Å². The van der Waals surface area contributed by atoms with Gasteiger partial charge in [0.15, 0.2) is 5.84 Å². The predicted molar refractivity (Wildman–Crippen MR) is 101 cm³/mol. The summed E-state index contributed by atoms with van der Waals surface area (Å²) in [4.78, 5) is 32.4. The lowest BCUT2D eigenvalue weighted by molar-refractivity contribution is -0.119. The Labute approximate surface area is 169 Å². The smallest absolute Gasteiger partial charge is 0.388 e. The molecular weight excluding hydrogens is 408 g/mol. The molecule has 1 aliphatic carbocycles. The van der Waals surface area contributed by atoms with Crippen LogP contribution in [0.4, 0.5) is 14.5 Å². The summed E-state index contributed by atoms with van der Waals surface area (Å²) in [5.41, 5.74) is 1.39. The molecule has 1 unspecified atom stereocenters. The normalized spacial score (nSPS) is 22.0. The molecule has 1 aromatic heterocycles. The number of nitrogens with zero attached hydrogens (tertiary/aromatic N) is 4. The third-order valence-corrected chi connectivity index (χ3v) is 5.24. The molecule has 0 spiro atoms. The van der Waals surface area contributed by atoms with Crippen LogP contribution in [0.15, 0.2) is 33.5 Å². The van der Waals surface area contributed by atoms with E-state index in [1.54, 1.807) is 6.21 Å². The van der Waals surface area contributed by atoms with Gasteiger partial charge in [-0.25, -0.2) is 9.99 Å². The first-order valence-electron chi connectivity index (χ1n) is 8.75. The SMILES string of the molecule is CC1(C)CC(C(=O)Nc2cnc(OC(F)F)c(Cl)c2)C2=C1C1=NC(=O)CN1N=C2. The molecule has 0 bridgehead atoms. The molecule has 11 heteroatoms. The average Bonchev–Trinajstić information content (AvgIpc) is 3.13. The fourth-order valence-electron chi connectivity index (χ4n) is 3.83. The van der Waals surface area contributed by atoms with Crippen molar-refractivity contribution in [2.24, 2.45) is 21.4 Å². The first-order chi connectivity index (χ1) is 13.7. The molecule has 0 saturated heterocycles. The second kappa shape index (κ2) is 6.87. The highest BCUT2D eigenvalue weighted by Gasteiger charge is 2.48. The Balaban J connectivity index is 1.58. The van der Waals surface area contributed by atoms with Crippen molar-refractivity contribution in [3.63, 3.8) is 0 Å². The Morgan fingerprint density at radius 2 is 2.21 bits per heavy atom. The number of anilines is 1. The third-order valence-electron chi connectivity index (χ3n) is 4.97. The van der Waals surface area contributed by atoms with Crippen LogP contribution < -0.4 is 10.1 Å². The first kappa shape index (κ1) is 19.4. The molecule has 2 amide bonds. The van der Waals surface area contributed by atoms with E-state index in [0.29, 0.717) is 17.8 Å². The van der Waals surface area contributed by atoms with Gasteiger partial charge in [-0.05, 0) is 23.5 Å². The number of nitrogens with one attached hydrogen (secondary N) is 1. The number of amidine groups is 1. The molecule has 2 aliphatic heterocycles. The molecule has 8 nitrogen and oxygen atoms in total. The van der Waals surface area contributed by atoms with Gasteiger partial charge in [0, 0.05) is 5.57 Å². The standard InChI is InChI=1S/C18H16ClF2N5O3/c1-18(2)4-9(10-6-23-26-7-12(27)25-14(26)13(10)18)15(28)24-8-3-11(19)16(22-5-8)29-17(20)21/h3,5-6,9,17H,4,7H2,1-2H3,(H,24,28). The van der Waals surface area contributed by atoms with E-state index in [-0.39, 0.29) is 29.1 Å². The Hall–Kier alpha value is -2.88. The molecule has 0 radical (unpaired) electrons. The van der Waals surface area contributed by atoms with Crippen LogP contribution in [0.2, 0.25) is 5.02 Å². The minimum atomic E-state index is -3.05. The molecule has 1 aromatic rings. The summed E-state index contributed by atoms with van der Waals surface area (Å²) in [6.07, 6.45) is 3.27. The maximum atomic E-state index is 12.9. The van der Waals surface area contributed by atoms with Crippen LogP contribution in [-0.4, -0.2) is 47.0 Å². The number of ether oxygens (including phenoxy) is 1. The minimum Gasteiger partial charge on any atom is -0.415 e. The number of rotatable bonds is 4. The number of carbonyl (C=O) groups excluding carboxylic acids is 2. The summed E-state index contributed by atoms with van der Waals surface area (Å²) in [6.45, 7) is 0.995. The van der Waals surface area contributed by atoms with E-state index in [4.69, 9.17) is 11.6 Å². The Bertz CT molecular complexity index is 1010. The molecule has 1 atom stereocenters. The summed E-state index contributed by atoms with van der Waals surface area (Å²) in [5, 5.41) is 8.33. The zero-order valence-electron chi connectivity index (χ0n) is 15.4. The summed E-state index contributed by atoms with van der Waals surface area (Å²) in [7, 11) is 0. The van der Waals surface area contributed by atoms with E-state index < -0.39 is 23.8 Å². The molecule has 1 N–H and O–H groups in total. The molecule has 0 saturated carbocycles. The quantitative estimate of drug-likeness (QED) is 0.803. The highest BCUT2D eigenvalue weighted by molar-refractivity contribution is 6.32. The number of carbonyl (C=O) groups is 2. The molecule has 152 valence electrons. The summed E-state index contributed by atoms with van der Waals surface area (Å²) >= 11 is 5.89. The number of halogens is 3. The van der Waals surface area contributed by atoms with Gasteiger partial charge >= 0.3 is 6.61 Å². The maximum Gasteiger partial charge on any atom is 0.388 e. The van der Waals surface area contributed by atoms with Gasteiger partial charge in [0.05, 0.1) is 24.0 Å². The summed E-state index contributed by atoms with van der Waals surface area (Å²) in [6, 6.07) is 1.29. The number of aliphatic imine (C=N–C) groups is 1. The number of hydrazone groups is 1. The molecule has 3 heterocycles. The molecule has 0 aromatic carbocycles. The van der Waals surface area contributed by atoms with Crippen molar-refractivity contribution in [2.75, 3.05) is 11.9 Å². The van der Waals surface area contributed by atoms with Crippen molar-refractivity contribution in [3.05, 3.63) is 28.4 Å². The lowest BCUT2D eigenvalue weighted by Crippen LogP contribution is -2.32. The van der Waals surface area contributed by atoms with Gasteiger partial charge in [0.1, 0.15) is 11.6 Å². The van der Waals surface area contributed by atoms with Crippen molar-refractivity contribution < 1.29 is 23.1 Å². The van der Waals surface area contributed by atoms with E-state index >= 15 is 0 Å². The van der Waals surface area contributed by atoms with Crippen molar-refractivity contribution in [3.8, 4) is 5.88 Å². The number of amides is 2. The van der Waals surface area contributed by atoms with E-state index in [0.717, 1.165) is 5.57 Å². The van der Waals surface area contributed by atoms with Crippen molar-refractivity contribution >= 4 is 41.2 Å². The van der Waals surface area contributed by atoms with Crippen molar-refractivity contribution in [2.45, 2.75) is 26.9 Å². The number of aromatic nitrogens is 1. The van der Waals surface area contributed by atoms with E-state index in [1.165, 1.54) is 17.3 Å². The minimum absolute atomic E-state index is 0.0900. The van der Waals surface area contributed by atoms with Crippen molar-refractivity contribution in [1.29, 1.82) is 0 Å². The van der Waals surface area contributed by atoms with E-state index in [1.807, 2.05) is 13.8 Å². The molecular formula is C18H16ClF2N5O3. The van der Waals surface area contributed by atoms with Gasteiger partial charge < -0.3 is 10.1 Å². The van der Waals surface area contributed by atoms with Gasteiger partial charge in [-0.3, -0.25) is 9.59 Å². The first-order valence-corrected chi connectivity index (χ1v) is 9.13. The second-order valence-electron chi connectivity index (χ2n) is 7.48. The number of hydrogen-bond acceptors (Lipinski definition) is 6. The number of hydrogen-bond donors (Lipinski definition) is 1. The van der Waals surface area contributed by atoms with Gasteiger partial charge in [-0.15, -0.1) is 0 Å². The van der Waals surface area contributed by atoms with Crippen LogP contribution in [0.1, 0.15) is 20.3 Å². The second-order valence-corrected chi connectivity index (χ2v) is 7.89. The zero-order chi connectivity index (χ0) is 20.9. The van der Waals surface area contributed by atoms with Crippen molar-refractivity contribution in [1.82, 2.24) is 9.99 Å². The zero-order valence-corrected chi connectivity index (χ0v) is 16.2. The maximum absolute atomic E-state index is 12.9. The van der Waals surface area contributed by atoms with Crippen LogP contribution in [-0.2, 0) is 9.59 Å². The predicted octanol–water partition coefficient (Wildman–Crippen LogP) is 2.86. The fraction of sp³-hybridized carbons (Fsp3) is 0.389. The molecule has 0 fully saturated rings. The van der Waals surface area contributed by atoms with E-state index in [9.17, 15) is 18.4 Å². The highest BCUT2D eigenvalue weighted by Crippen LogP contribution is 2.48. The third kappa shape index (κ3) is 3.48. The lowest BCUT2D eigenvalue weighted by atomic mass is 9.83. The molecule has 29 heavy (non-hydrogen) atoms. The van der Waals surface area contributed by atoms with E-state index in [2.05, 4.69) is 25.1 Å². The topological polar surface area (TPSA) is 96.2 Å². The fourth-order valence-corrected chi connectivity index (χ4v) is 4.04. The number of pyridine rings is 1. The van der Waals surface area contributed by atoms with Gasteiger partial charge in [-0.2, -0.15) is 18.9 Å². The number of fused-ring (bicyclic) bond motifs is 2. The van der Waals surface area contributed by atoms with Gasteiger partial charge in [0.25, 0.3) is 5.91 Å². The average molecular weight is 424 g/mol. The van der Waals surface area contributed by atoms with Crippen LogP contribution in [0.5, 0.6) is 5.88 Å². The summed E-state index contributed by atoms with van der Waals surface area (Å²) < 4.78 is 28.8. The highest BCUT2D eigenvalue weighted by atomic mass is 35.5. The lowest BCUT2D eigenvalue weighted by Gasteiger charge is -2.27. The molecule has 3 aliphatic rings. The Morgan fingerprint density at radius 3 is 2.90 bits per heavy atom. The van der Waals surface area contributed by atoms with Crippen LogP contribution in [0.25, 0.3) is 0 Å². The Morgan fingerprint density at radius 1 is 1.45 bits per heavy atom. The summed E-state index contributed by atoms with van der Waals surface area (Å²) in [5.74, 6) is -1.06. The number of alkyl halides is 2. The van der Waals surface area contributed by atoms with Gasteiger partial charge in [0.2, 0.25) is 11.8 Å². The van der Waals surface area contributed by atoms with Crippen LogP contribution >= 0.6 is 11.6 Å². The monoisotopic (exact) mass is 423 g/mol. The molecule has 4 rings (SSSR count). The van der Waals surface area contributed by atoms with Crippen LogP contribution in [0.3, 0.4) is 0 Å². The van der Waals surface area contributed by atoms with Gasteiger partial charge in [-0.1, -0.05) is 25.4 Å². The largest absolute Gasteiger partial charge is 0.415 e. The Kier molecular flexibility index (Phi) is 4.60.